The Hall–Kier alpha value is -1.62. The van der Waals surface area contributed by atoms with Crippen LogP contribution in [-0.2, 0) is 13.1 Å². The molecule has 0 atom stereocenters. The summed E-state index contributed by atoms with van der Waals surface area (Å²) in [5.74, 6) is 0.423. The van der Waals surface area contributed by atoms with Crippen LogP contribution in [0.25, 0.3) is 0 Å². The van der Waals surface area contributed by atoms with Gasteiger partial charge in [0.2, 0.25) is 0 Å². The molecule has 1 N–H and O–H groups in total. The number of hydrogen-bond acceptors (Lipinski definition) is 4. The fourth-order valence-corrected chi connectivity index (χ4v) is 2.23. The van der Waals surface area contributed by atoms with Crippen molar-refractivity contribution in [3.63, 3.8) is 0 Å². The minimum absolute atomic E-state index is 0.0513. The van der Waals surface area contributed by atoms with E-state index in [0.29, 0.717) is 12.4 Å². The maximum Gasteiger partial charge on any atom is 0.293 e. The van der Waals surface area contributed by atoms with E-state index in [1.54, 1.807) is 28.3 Å². The van der Waals surface area contributed by atoms with Gasteiger partial charge in [-0.1, -0.05) is 6.92 Å². The van der Waals surface area contributed by atoms with E-state index in [-0.39, 0.29) is 5.56 Å². The molecule has 2 rings (SSSR count). The van der Waals surface area contributed by atoms with Gasteiger partial charge in [0.25, 0.3) is 5.56 Å². The van der Waals surface area contributed by atoms with Crippen LogP contribution >= 0.6 is 11.3 Å². The third kappa shape index (κ3) is 2.94. The summed E-state index contributed by atoms with van der Waals surface area (Å²) in [6.07, 6.45) is 4.32. The van der Waals surface area contributed by atoms with Crippen molar-refractivity contribution in [1.82, 2.24) is 9.55 Å². The van der Waals surface area contributed by atoms with Gasteiger partial charge in [-0.3, -0.25) is 4.79 Å². The molecule has 2 aromatic rings. The van der Waals surface area contributed by atoms with Crippen molar-refractivity contribution >= 4 is 17.2 Å². The first-order chi connectivity index (χ1) is 8.31. The first-order valence-electron chi connectivity index (χ1n) is 5.61. The minimum atomic E-state index is -0.0513. The van der Waals surface area contributed by atoms with E-state index in [4.69, 9.17) is 0 Å². The lowest BCUT2D eigenvalue weighted by Crippen LogP contribution is -2.24. The Morgan fingerprint density at radius 3 is 3.12 bits per heavy atom. The topological polar surface area (TPSA) is 46.9 Å². The van der Waals surface area contributed by atoms with Gasteiger partial charge in [0, 0.05) is 25.5 Å². The molecule has 0 bridgehead atoms. The van der Waals surface area contributed by atoms with Crippen molar-refractivity contribution in [2.45, 2.75) is 26.4 Å². The molecule has 17 heavy (non-hydrogen) atoms. The van der Waals surface area contributed by atoms with E-state index in [1.807, 2.05) is 18.4 Å². The van der Waals surface area contributed by atoms with Crippen molar-refractivity contribution in [3.8, 4) is 0 Å². The van der Waals surface area contributed by atoms with E-state index >= 15 is 0 Å². The van der Waals surface area contributed by atoms with Gasteiger partial charge in [-0.15, -0.1) is 0 Å². The molecule has 5 heteroatoms. The second-order valence-electron chi connectivity index (χ2n) is 3.76. The average Bonchev–Trinajstić information content (AvgIpc) is 2.83. The fraction of sp³-hybridized carbons (Fsp3) is 0.333. The Labute approximate surface area is 104 Å². The van der Waals surface area contributed by atoms with E-state index in [2.05, 4.69) is 15.7 Å². The molecular weight excluding hydrogens is 234 g/mol. The van der Waals surface area contributed by atoms with Gasteiger partial charge in [-0.2, -0.15) is 11.3 Å². The van der Waals surface area contributed by atoms with Gasteiger partial charge in [0.05, 0.1) is 0 Å². The minimum Gasteiger partial charge on any atom is -0.361 e. The van der Waals surface area contributed by atoms with Crippen molar-refractivity contribution in [1.29, 1.82) is 0 Å². The zero-order valence-electron chi connectivity index (χ0n) is 9.72. The Morgan fingerprint density at radius 2 is 2.41 bits per heavy atom. The maximum atomic E-state index is 12.0. The molecule has 0 fully saturated rings. The van der Waals surface area contributed by atoms with Crippen molar-refractivity contribution in [2.75, 3.05) is 5.32 Å². The summed E-state index contributed by atoms with van der Waals surface area (Å²) in [6.45, 7) is 3.42. The Balaban J connectivity index is 2.10. The van der Waals surface area contributed by atoms with Crippen LogP contribution in [0, 0.1) is 0 Å². The smallest absolute Gasteiger partial charge is 0.293 e. The summed E-state index contributed by atoms with van der Waals surface area (Å²) >= 11 is 1.65. The number of aromatic nitrogens is 2. The number of thiophene rings is 1. The van der Waals surface area contributed by atoms with Crippen LogP contribution in [0.5, 0.6) is 0 Å². The van der Waals surface area contributed by atoms with E-state index in [0.717, 1.165) is 13.0 Å². The molecule has 0 spiro atoms. The van der Waals surface area contributed by atoms with Crippen LogP contribution in [0.15, 0.2) is 34.0 Å². The van der Waals surface area contributed by atoms with Crippen molar-refractivity contribution < 1.29 is 0 Å². The number of anilines is 1. The Morgan fingerprint density at radius 1 is 1.53 bits per heavy atom. The summed E-state index contributed by atoms with van der Waals surface area (Å²) in [5.41, 5.74) is 1.12. The van der Waals surface area contributed by atoms with Gasteiger partial charge < -0.3 is 9.88 Å². The molecule has 0 aliphatic heterocycles. The molecular formula is C12H15N3OS. The lowest BCUT2D eigenvalue weighted by molar-refractivity contribution is 0.649. The van der Waals surface area contributed by atoms with Crippen molar-refractivity contribution in [3.05, 3.63) is 45.1 Å². The number of nitrogens with one attached hydrogen (secondary N) is 1. The monoisotopic (exact) mass is 249 g/mol. The first-order valence-corrected chi connectivity index (χ1v) is 6.56. The average molecular weight is 249 g/mol. The predicted octanol–water partition coefficient (Wildman–Crippen LogP) is 2.33. The molecule has 0 aromatic carbocycles. The highest BCUT2D eigenvalue weighted by atomic mass is 32.1. The van der Waals surface area contributed by atoms with Crippen LogP contribution in [0.3, 0.4) is 0 Å². The zero-order chi connectivity index (χ0) is 12.1. The molecule has 2 heterocycles. The normalized spacial score (nSPS) is 10.4. The van der Waals surface area contributed by atoms with Crippen LogP contribution in [0.4, 0.5) is 5.82 Å². The second-order valence-corrected chi connectivity index (χ2v) is 4.54. The highest BCUT2D eigenvalue weighted by Gasteiger charge is 2.03. The van der Waals surface area contributed by atoms with E-state index in [9.17, 15) is 4.79 Å². The van der Waals surface area contributed by atoms with Gasteiger partial charge in [-0.25, -0.2) is 4.98 Å². The predicted molar refractivity (Wildman–Crippen MR) is 70.4 cm³/mol. The number of aryl methyl sites for hydroxylation is 1. The van der Waals surface area contributed by atoms with Crippen LogP contribution in [0.1, 0.15) is 18.9 Å². The molecule has 0 radical (unpaired) electrons. The highest BCUT2D eigenvalue weighted by molar-refractivity contribution is 7.07. The van der Waals surface area contributed by atoms with Gasteiger partial charge in [0.15, 0.2) is 5.82 Å². The molecule has 0 unspecified atom stereocenters. The van der Waals surface area contributed by atoms with Crippen molar-refractivity contribution in [2.24, 2.45) is 0 Å². The number of rotatable bonds is 5. The first kappa shape index (κ1) is 11.9. The third-order valence-electron chi connectivity index (χ3n) is 2.42. The SMILES string of the molecule is CCCn1ccnc(NCc2ccsc2)c1=O. The summed E-state index contributed by atoms with van der Waals surface area (Å²) in [7, 11) is 0. The molecule has 0 aliphatic rings. The molecule has 0 amide bonds. The fourth-order valence-electron chi connectivity index (χ4n) is 1.56. The summed E-state index contributed by atoms with van der Waals surface area (Å²) < 4.78 is 1.68. The lowest BCUT2D eigenvalue weighted by atomic mass is 10.3. The second kappa shape index (κ2) is 5.63. The summed E-state index contributed by atoms with van der Waals surface area (Å²) in [5, 5.41) is 7.15. The quantitative estimate of drug-likeness (QED) is 0.884. The highest BCUT2D eigenvalue weighted by Crippen LogP contribution is 2.07. The van der Waals surface area contributed by atoms with Crippen LogP contribution in [-0.4, -0.2) is 9.55 Å². The third-order valence-corrected chi connectivity index (χ3v) is 3.15. The van der Waals surface area contributed by atoms with E-state index < -0.39 is 0 Å². The molecule has 2 aromatic heterocycles. The maximum absolute atomic E-state index is 12.0. The van der Waals surface area contributed by atoms with E-state index in [1.165, 1.54) is 5.56 Å². The van der Waals surface area contributed by atoms with Gasteiger partial charge in [-0.05, 0) is 28.8 Å². The standard InChI is InChI=1S/C12H15N3OS/c1-2-5-15-6-4-13-11(12(15)16)14-8-10-3-7-17-9-10/h3-4,6-7,9H,2,5,8H2,1H3,(H,13,14). The molecule has 0 aliphatic carbocycles. The largest absolute Gasteiger partial charge is 0.361 e. The molecule has 4 nitrogen and oxygen atoms in total. The zero-order valence-corrected chi connectivity index (χ0v) is 10.5. The Bertz CT molecular complexity index is 519. The van der Waals surface area contributed by atoms with Crippen LogP contribution < -0.4 is 10.9 Å². The molecule has 0 saturated carbocycles. The van der Waals surface area contributed by atoms with Gasteiger partial charge >= 0.3 is 0 Å². The number of nitrogens with zero attached hydrogens (tertiary/aromatic N) is 2. The molecule has 0 saturated heterocycles. The van der Waals surface area contributed by atoms with Crippen LogP contribution in [0.2, 0.25) is 0 Å². The number of hydrogen-bond donors (Lipinski definition) is 1. The van der Waals surface area contributed by atoms with Gasteiger partial charge in [0.1, 0.15) is 0 Å². The summed E-state index contributed by atoms with van der Waals surface area (Å²) in [4.78, 5) is 16.0. The lowest BCUT2D eigenvalue weighted by Gasteiger charge is -2.07. The summed E-state index contributed by atoms with van der Waals surface area (Å²) in [6, 6.07) is 2.03. The Kier molecular flexibility index (Phi) is 3.93. The molecule has 90 valence electrons.